The van der Waals surface area contributed by atoms with Gasteiger partial charge in [0.2, 0.25) is 5.95 Å². The topological polar surface area (TPSA) is 89.3 Å². The Labute approximate surface area is 257 Å². The van der Waals surface area contributed by atoms with E-state index in [2.05, 4.69) is 46.5 Å². The number of hydrogen-bond donors (Lipinski definition) is 1. The Morgan fingerprint density at radius 3 is 2.49 bits per heavy atom. The number of anilines is 2. The Kier molecular flexibility index (Phi) is 8.86. The van der Waals surface area contributed by atoms with Crippen LogP contribution >= 0.6 is 0 Å². The molecule has 2 aromatic carbocycles. The number of pyridine rings is 1. The third kappa shape index (κ3) is 6.80. The number of piperidine rings is 1. The molecule has 1 unspecified atom stereocenters. The predicted molar refractivity (Wildman–Crippen MR) is 176 cm³/mol. The van der Waals surface area contributed by atoms with Crippen LogP contribution in [0.3, 0.4) is 0 Å². The molecule has 1 atom stereocenters. The number of nitrogens with one attached hydrogen (secondary N) is 1. The van der Waals surface area contributed by atoms with E-state index in [1.165, 1.54) is 18.4 Å². The number of hydrogen-bond acceptors (Lipinski definition) is 7. The lowest BCUT2D eigenvalue weighted by Gasteiger charge is -2.29. The van der Waals surface area contributed by atoms with E-state index < -0.39 is 11.2 Å². The second kappa shape index (κ2) is 12.8. The molecule has 9 heteroatoms. The maximum absolute atomic E-state index is 14.1. The van der Waals surface area contributed by atoms with Gasteiger partial charge in [-0.05, 0) is 125 Å². The molecule has 226 valence electrons. The van der Waals surface area contributed by atoms with E-state index in [0.29, 0.717) is 41.3 Å². The van der Waals surface area contributed by atoms with E-state index in [-0.39, 0.29) is 5.56 Å². The first kappa shape index (κ1) is 29.8. The highest BCUT2D eigenvalue weighted by Crippen LogP contribution is 2.33. The van der Waals surface area contributed by atoms with Crippen LogP contribution < -0.4 is 10.9 Å². The second-order valence-electron chi connectivity index (χ2n) is 12.5. The van der Waals surface area contributed by atoms with Gasteiger partial charge in [-0.3, -0.25) is 9.36 Å². The molecule has 43 heavy (non-hydrogen) atoms. The summed E-state index contributed by atoms with van der Waals surface area (Å²) in [6.07, 6.45) is 6.43. The summed E-state index contributed by atoms with van der Waals surface area (Å²) in [5.74, 6) is 2.12. The van der Waals surface area contributed by atoms with Gasteiger partial charge in [0.15, 0.2) is 4.90 Å². The van der Waals surface area contributed by atoms with Crippen LogP contribution in [0.2, 0.25) is 0 Å². The minimum Gasteiger partial charge on any atom is -0.611 e. The normalized spacial score (nSPS) is 17.1. The van der Waals surface area contributed by atoms with Gasteiger partial charge in [-0.25, -0.2) is 4.98 Å². The highest BCUT2D eigenvalue weighted by molar-refractivity contribution is 7.91. The number of benzene rings is 2. The molecule has 0 radical (unpaired) electrons. The molecule has 1 saturated carbocycles. The molecule has 6 rings (SSSR count). The Hall–Kier alpha value is -3.24. The van der Waals surface area contributed by atoms with Crippen LogP contribution in [0, 0.1) is 12.8 Å². The van der Waals surface area contributed by atoms with Gasteiger partial charge >= 0.3 is 0 Å². The molecular formula is C34H42N6O2S. The van der Waals surface area contributed by atoms with Crippen molar-refractivity contribution in [3.63, 3.8) is 0 Å². The van der Waals surface area contributed by atoms with Crippen molar-refractivity contribution < 1.29 is 4.55 Å². The first-order valence-electron chi connectivity index (χ1n) is 15.4. The number of nitrogens with zero attached hydrogens (tertiary/aromatic N) is 5. The van der Waals surface area contributed by atoms with Gasteiger partial charge in [-0.2, -0.15) is 4.98 Å². The fraction of sp³-hybridized carbons (Fsp3) is 0.441. The highest BCUT2D eigenvalue weighted by atomic mass is 32.2. The number of aromatic nitrogens is 3. The fourth-order valence-electron chi connectivity index (χ4n) is 5.98. The van der Waals surface area contributed by atoms with Gasteiger partial charge in [-0.1, -0.05) is 24.3 Å². The van der Waals surface area contributed by atoms with Crippen molar-refractivity contribution in [2.75, 3.05) is 51.8 Å². The van der Waals surface area contributed by atoms with Crippen molar-refractivity contribution in [2.45, 2.75) is 50.0 Å². The number of likely N-dealkylation sites (tertiary alicyclic amines) is 1. The lowest BCUT2D eigenvalue weighted by atomic mass is 9.89. The molecule has 4 aromatic rings. The molecule has 0 amide bonds. The van der Waals surface area contributed by atoms with Crippen LogP contribution in [0.5, 0.6) is 0 Å². The molecule has 1 N–H and O–H groups in total. The standard InChI is InChI=1S/C34H42N6O2S/c1-23-29(6-5-7-31(23)43(42)19-18-38(2)3)30-20-27-21-35-34(37-32(27)40(33(30)41)22-24-8-9-24)36-28-12-10-25(11-13-28)26-14-16-39(4)17-15-26/h5-7,10-13,20-21,24,26H,8-9,14-19,22H2,1-4H3,(H,35,36,37). The Morgan fingerprint density at radius 1 is 1.05 bits per heavy atom. The third-order valence-corrected chi connectivity index (χ3v) is 10.4. The molecule has 2 aromatic heterocycles. The number of fused-ring (bicyclic) bond motifs is 1. The minimum absolute atomic E-state index is 0.0640. The molecule has 2 fully saturated rings. The second-order valence-corrected chi connectivity index (χ2v) is 14.0. The van der Waals surface area contributed by atoms with Crippen molar-refractivity contribution in [2.24, 2.45) is 5.92 Å². The van der Waals surface area contributed by atoms with Crippen LogP contribution in [0.15, 0.2) is 64.4 Å². The van der Waals surface area contributed by atoms with Crippen LogP contribution in [0.1, 0.15) is 42.7 Å². The van der Waals surface area contributed by atoms with Gasteiger partial charge in [-0.15, -0.1) is 0 Å². The monoisotopic (exact) mass is 598 g/mol. The van der Waals surface area contributed by atoms with Crippen molar-refractivity contribution in [3.05, 3.63) is 76.2 Å². The van der Waals surface area contributed by atoms with Crippen LogP contribution in [0.25, 0.3) is 22.2 Å². The quantitative estimate of drug-likeness (QED) is 0.245. The lowest BCUT2D eigenvalue weighted by molar-refractivity contribution is 0.255. The maximum Gasteiger partial charge on any atom is 0.260 e. The third-order valence-electron chi connectivity index (χ3n) is 8.86. The van der Waals surface area contributed by atoms with Gasteiger partial charge in [0, 0.05) is 41.5 Å². The summed E-state index contributed by atoms with van der Waals surface area (Å²) in [5, 5.41) is 4.18. The first-order chi connectivity index (χ1) is 20.8. The molecule has 1 saturated heterocycles. The van der Waals surface area contributed by atoms with Crippen molar-refractivity contribution in [3.8, 4) is 11.1 Å². The summed E-state index contributed by atoms with van der Waals surface area (Å²) in [6.45, 7) is 5.62. The first-order valence-corrected chi connectivity index (χ1v) is 16.7. The highest BCUT2D eigenvalue weighted by Gasteiger charge is 2.26. The molecule has 1 aliphatic carbocycles. The summed E-state index contributed by atoms with van der Waals surface area (Å²) >= 11 is -1.15. The maximum atomic E-state index is 14.1. The number of rotatable bonds is 10. The van der Waals surface area contributed by atoms with Crippen molar-refractivity contribution >= 4 is 33.8 Å². The molecular weight excluding hydrogens is 556 g/mol. The minimum atomic E-state index is -1.15. The van der Waals surface area contributed by atoms with E-state index in [9.17, 15) is 9.35 Å². The summed E-state index contributed by atoms with van der Waals surface area (Å²) in [6, 6.07) is 16.3. The van der Waals surface area contributed by atoms with Gasteiger partial charge < -0.3 is 19.7 Å². The Morgan fingerprint density at radius 2 is 1.79 bits per heavy atom. The zero-order valence-corrected chi connectivity index (χ0v) is 26.5. The molecule has 8 nitrogen and oxygen atoms in total. The van der Waals surface area contributed by atoms with Crippen LogP contribution in [-0.4, -0.2) is 75.4 Å². The van der Waals surface area contributed by atoms with Crippen LogP contribution in [0.4, 0.5) is 11.6 Å². The van der Waals surface area contributed by atoms with Gasteiger partial charge in [0.1, 0.15) is 11.4 Å². The van der Waals surface area contributed by atoms with Gasteiger partial charge in [0.05, 0.1) is 0 Å². The van der Waals surface area contributed by atoms with Crippen LogP contribution in [-0.2, 0) is 17.7 Å². The van der Waals surface area contributed by atoms with E-state index in [0.717, 1.165) is 59.6 Å². The SMILES string of the molecule is Cc1c(-c2cc3cnc(Nc4ccc(C5CCN(C)CC5)cc4)nc3n(CC3CC3)c2=O)cccc1[S+]([O-])CCN(C)C. The Balaban J connectivity index is 1.30. The smallest absolute Gasteiger partial charge is 0.260 e. The summed E-state index contributed by atoms with van der Waals surface area (Å²) in [5.41, 5.74) is 5.19. The summed E-state index contributed by atoms with van der Waals surface area (Å²) in [4.78, 5) is 28.8. The average Bonchev–Trinajstić information content (AvgIpc) is 3.83. The zero-order valence-electron chi connectivity index (χ0n) is 25.7. The molecule has 0 bridgehead atoms. The largest absolute Gasteiger partial charge is 0.611 e. The molecule has 0 spiro atoms. The van der Waals surface area contributed by atoms with E-state index in [4.69, 9.17) is 4.98 Å². The lowest BCUT2D eigenvalue weighted by Crippen LogP contribution is -2.29. The van der Waals surface area contributed by atoms with E-state index >= 15 is 0 Å². The van der Waals surface area contributed by atoms with Crippen molar-refractivity contribution in [1.29, 1.82) is 0 Å². The van der Waals surface area contributed by atoms with E-state index in [1.54, 1.807) is 6.20 Å². The average molecular weight is 599 g/mol. The molecule has 3 heterocycles. The van der Waals surface area contributed by atoms with Gasteiger partial charge in [0.25, 0.3) is 5.56 Å². The molecule has 1 aliphatic heterocycles. The fourth-order valence-corrected chi connectivity index (χ4v) is 7.41. The Bertz CT molecular complexity index is 1640. The summed E-state index contributed by atoms with van der Waals surface area (Å²) in [7, 11) is 6.15. The predicted octanol–water partition coefficient (Wildman–Crippen LogP) is 5.40. The van der Waals surface area contributed by atoms with Crippen molar-refractivity contribution in [1.82, 2.24) is 24.3 Å². The zero-order chi connectivity index (χ0) is 30.1. The van der Waals surface area contributed by atoms with E-state index in [1.807, 2.05) is 54.8 Å². The molecule has 2 aliphatic rings. The summed E-state index contributed by atoms with van der Waals surface area (Å²) < 4.78 is 15.0.